The molecule has 1 heterocycles. The first-order valence-electron chi connectivity index (χ1n) is 15.7. The van der Waals surface area contributed by atoms with E-state index in [1.165, 1.54) is 56.9 Å². The number of hydrogen-bond donors (Lipinski definition) is 1. The van der Waals surface area contributed by atoms with Crippen molar-refractivity contribution in [2.75, 3.05) is 19.8 Å². The SMILES string of the molecule is CC(C)CCC[C@@H](C)[C@H]1CC[C@H]2[C@@H]3CC=C4C[C@@H](O)CC(C(C#N)C5COCCO5)[C@]4(C)[C@H]3CC[C@]12C. The Hall–Kier alpha value is -0.890. The number of hydrogen-bond acceptors (Lipinski definition) is 4. The number of ether oxygens (including phenoxy) is 2. The highest BCUT2D eigenvalue weighted by atomic mass is 16.6. The van der Waals surface area contributed by atoms with Gasteiger partial charge in [-0.25, -0.2) is 0 Å². The average molecular weight is 512 g/mol. The van der Waals surface area contributed by atoms with Crippen molar-refractivity contribution < 1.29 is 14.6 Å². The first-order chi connectivity index (χ1) is 17.7. The summed E-state index contributed by atoms with van der Waals surface area (Å²) >= 11 is 0. The summed E-state index contributed by atoms with van der Waals surface area (Å²) in [5.41, 5.74) is 1.87. The predicted molar refractivity (Wildman–Crippen MR) is 148 cm³/mol. The fourth-order valence-corrected chi connectivity index (χ4v) is 10.5. The van der Waals surface area contributed by atoms with Crippen LogP contribution in [-0.2, 0) is 9.47 Å². The number of allylic oxidation sites excluding steroid dienone is 1. The summed E-state index contributed by atoms with van der Waals surface area (Å²) in [5.74, 6) is 4.49. The zero-order valence-corrected chi connectivity index (χ0v) is 24.3. The summed E-state index contributed by atoms with van der Waals surface area (Å²) in [6.45, 7) is 14.1. The van der Waals surface area contributed by atoms with Gasteiger partial charge in [0.25, 0.3) is 0 Å². The smallest absolute Gasteiger partial charge is 0.0970 e. The standard InChI is InChI=1S/C33H53NO3/c1-21(2)7-6-8-22(3)27-11-12-28-25-10-9-23-17-24(35)18-30(26(19-34)31-20-36-15-16-37-31)33(23,5)29(25)13-14-32(27,28)4/h9,21-22,24-31,35H,6-8,10-18,20H2,1-5H3/t22-,24-,25+,26?,27-,28+,29+,30?,31?,32-,33+/m1/s1. The van der Waals surface area contributed by atoms with Crippen LogP contribution in [0.5, 0.6) is 0 Å². The fraction of sp³-hybridized carbons (Fsp3) is 0.909. The van der Waals surface area contributed by atoms with Gasteiger partial charge in [-0.05, 0) is 97.2 Å². The summed E-state index contributed by atoms with van der Waals surface area (Å²) < 4.78 is 11.9. The van der Waals surface area contributed by atoms with Gasteiger partial charge in [0, 0.05) is 0 Å². The van der Waals surface area contributed by atoms with Crippen LogP contribution >= 0.6 is 0 Å². The van der Waals surface area contributed by atoms with Gasteiger partial charge in [-0.3, -0.25) is 0 Å². The molecule has 0 bridgehead atoms. The van der Waals surface area contributed by atoms with Crippen LogP contribution in [0.15, 0.2) is 11.6 Å². The normalized spacial score (nSPS) is 45.2. The largest absolute Gasteiger partial charge is 0.393 e. The first kappa shape index (κ1) is 27.7. The third kappa shape index (κ3) is 4.85. The lowest BCUT2D eigenvalue weighted by molar-refractivity contribution is -0.139. The van der Waals surface area contributed by atoms with Crippen LogP contribution in [0.25, 0.3) is 0 Å². The molecule has 4 nitrogen and oxygen atoms in total. The van der Waals surface area contributed by atoms with E-state index >= 15 is 0 Å². The van der Waals surface area contributed by atoms with Crippen molar-refractivity contribution in [1.82, 2.24) is 0 Å². The van der Waals surface area contributed by atoms with Gasteiger partial charge in [0.2, 0.25) is 0 Å². The molecule has 1 N–H and O–H groups in total. The number of nitriles is 1. The van der Waals surface area contributed by atoms with Crippen LogP contribution in [0.4, 0.5) is 0 Å². The number of aliphatic hydroxyl groups excluding tert-OH is 1. The molecule has 3 saturated carbocycles. The average Bonchev–Trinajstić information content (AvgIpc) is 3.23. The highest BCUT2D eigenvalue weighted by Gasteiger charge is 2.62. The molecular weight excluding hydrogens is 458 g/mol. The third-order valence-corrected chi connectivity index (χ3v) is 12.3. The van der Waals surface area contributed by atoms with E-state index in [4.69, 9.17) is 9.47 Å². The Balaban J connectivity index is 1.39. The Kier molecular flexibility index (Phi) is 8.18. The summed E-state index contributed by atoms with van der Waals surface area (Å²) in [6.07, 6.45) is 14.2. The highest BCUT2D eigenvalue weighted by molar-refractivity contribution is 5.28. The maximum absolute atomic E-state index is 10.9. The van der Waals surface area contributed by atoms with Crippen LogP contribution in [0.2, 0.25) is 0 Å². The molecule has 0 radical (unpaired) electrons. The first-order valence-corrected chi connectivity index (χ1v) is 15.7. The minimum absolute atomic E-state index is 0.0222. The van der Waals surface area contributed by atoms with E-state index in [1.54, 1.807) is 0 Å². The molecule has 1 aliphatic heterocycles. The molecule has 11 atom stereocenters. The Bertz CT molecular complexity index is 871. The zero-order chi connectivity index (χ0) is 26.4. The number of nitrogens with zero attached hydrogens (tertiary/aromatic N) is 1. The third-order valence-electron chi connectivity index (χ3n) is 12.3. The van der Waals surface area contributed by atoms with Crippen molar-refractivity contribution in [3.05, 3.63) is 11.6 Å². The number of aliphatic hydroxyl groups is 1. The molecule has 5 aliphatic rings. The second-order valence-electron chi connectivity index (χ2n) is 14.5. The molecular formula is C33H53NO3. The van der Waals surface area contributed by atoms with E-state index in [2.05, 4.69) is 46.8 Å². The van der Waals surface area contributed by atoms with Gasteiger partial charge in [-0.15, -0.1) is 0 Å². The van der Waals surface area contributed by atoms with E-state index in [0.29, 0.717) is 43.5 Å². The lowest BCUT2D eigenvalue weighted by Gasteiger charge is -2.61. The Labute approximate surface area is 226 Å². The van der Waals surface area contributed by atoms with Gasteiger partial charge in [0.1, 0.15) is 0 Å². The molecule has 4 heteroatoms. The van der Waals surface area contributed by atoms with Crippen LogP contribution in [0.3, 0.4) is 0 Å². The van der Waals surface area contributed by atoms with Gasteiger partial charge in [0.15, 0.2) is 0 Å². The molecule has 208 valence electrons. The molecule has 0 spiro atoms. The molecule has 1 saturated heterocycles. The molecule has 0 aromatic heterocycles. The van der Waals surface area contributed by atoms with E-state index in [0.717, 1.165) is 30.1 Å². The molecule has 0 amide bonds. The van der Waals surface area contributed by atoms with Crippen molar-refractivity contribution in [2.45, 2.75) is 111 Å². The summed E-state index contributed by atoms with van der Waals surface area (Å²) in [6, 6.07) is 2.68. The maximum atomic E-state index is 10.9. The second-order valence-corrected chi connectivity index (χ2v) is 14.5. The van der Waals surface area contributed by atoms with Gasteiger partial charge in [-0.1, -0.05) is 65.5 Å². The Morgan fingerprint density at radius 2 is 1.89 bits per heavy atom. The second kappa shape index (κ2) is 10.9. The zero-order valence-electron chi connectivity index (χ0n) is 24.3. The van der Waals surface area contributed by atoms with Gasteiger partial charge in [-0.2, -0.15) is 5.26 Å². The lowest BCUT2D eigenvalue weighted by Crippen LogP contribution is -2.56. The van der Waals surface area contributed by atoms with Crippen molar-refractivity contribution in [2.24, 2.45) is 58.2 Å². The van der Waals surface area contributed by atoms with Crippen molar-refractivity contribution in [3.8, 4) is 6.07 Å². The van der Waals surface area contributed by atoms with Crippen molar-refractivity contribution in [1.29, 1.82) is 5.26 Å². The predicted octanol–water partition coefficient (Wildman–Crippen LogP) is 7.17. The van der Waals surface area contributed by atoms with E-state index in [-0.39, 0.29) is 29.5 Å². The van der Waals surface area contributed by atoms with Gasteiger partial charge >= 0.3 is 0 Å². The fourth-order valence-electron chi connectivity index (χ4n) is 10.5. The van der Waals surface area contributed by atoms with E-state index in [1.807, 2.05) is 0 Å². The minimum Gasteiger partial charge on any atom is -0.393 e. The number of rotatable bonds is 7. The molecule has 37 heavy (non-hydrogen) atoms. The molecule has 4 fully saturated rings. The monoisotopic (exact) mass is 511 g/mol. The lowest BCUT2D eigenvalue weighted by atomic mass is 9.43. The van der Waals surface area contributed by atoms with Gasteiger partial charge < -0.3 is 14.6 Å². The maximum Gasteiger partial charge on any atom is 0.0970 e. The molecule has 0 aromatic rings. The molecule has 3 unspecified atom stereocenters. The molecule has 0 aromatic carbocycles. The Morgan fingerprint density at radius 1 is 1.08 bits per heavy atom. The van der Waals surface area contributed by atoms with E-state index in [9.17, 15) is 10.4 Å². The summed E-state index contributed by atoms with van der Waals surface area (Å²) in [4.78, 5) is 0. The van der Waals surface area contributed by atoms with Crippen LogP contribution < -0.4 is 0 Å². The van der Waals surface area contributed by atoms with Crippen LogP contribution in [0, 0.1) is 69.5 Å². The van der Waals surface area contributed by atoms with Crippen LogP contribution in [0.1, 0.15) is 98.8 Å². The van der Waals surface area contributed by atoms with E-state index < -0.39 is 0 Å². The van der Waals surface area contributed by atoms with Gasteiger partial charge in [0.05, 0.1) is 44.0 Å². The van der Waals surface area contributed by atoms with Crippen molar-refractivity contribution in [3.63, 3.8) is 0 Å². The molecule has 4 aliphatic carbocycles. The summed E-state index contributed by atoms with van der Waals surface area (Å²) in [5, 5.41) is 21.4. The summed E-state index contributed by atoms with van der Waals surface area (Å²) in [7, 11) is 0. The molecule has 5 rings (SSSR count). The van der Waals surface area contributed by atoms with Crippen molar-refractivity contribution >= 4 is 0 Å². The highest BCUT2D eigenvalue weighted by Crippen LogP contribution is 2.69. The quantitative estimate of drug-likeness (QED) is 0.368. The Morgan fingerprint density at radius 3 is 2.59 bits per heavy atom. The topological polar surface area (TPSA) is 62.5 Å². The van der Waals surface area contributed by atoms with Crippen LogP contribution in [-0.4, -0.2) is 37.1 Å². The minimum atomic E-state index is -0.349. The number of fused-ring (bicyclic) bond motifs is 5.